The molecule has 0 radical (unpaired) electrons. The van der Waals surface area contributed by atoms with Gasteiger partial charge in [-0.2, -0.15) is 5.10 Å². The van der Waals surface area contributed by atoms with Crippen LogP contribution in [-0.2, 0) is 12.6 Å². The number of nitrogens with zero attached hydrogens (tertiary/aromatic N) is 2. The summed E-state index contributed by atoms with van der Waals surface area (Å²) in [5.74, 6) is -0.312. The second-order valence-corrected chi connectivity index (χ2v) is 4.84. The van der Waals surface area contributed by atoms with Crippen LogP contribution in [0.1, 0.15) is 29.3 Å². The predicted molar refractivity (Wildman–Crippen MR) is 67.8 cm³/mol. The van der Waals surface area contributed by atoms with Crippen LogP contribution >= 0.6 is 0 Å². The molecule has 1 aromatic carbocycles. The van der Waals surface area contributed by atoms with Crippen LogP contribution in [0.5, 0.6) is 0 Å². The summed E-state index contributed by atoms with van der Waals surface area (Å²) in [7, 11) is 1.77. The predicted octanol–water partition coefficient (Wildman–Crippen LogP) is 2.43. The summed E-state index contributed by atoms with van der Waals surface area (Å²) in [6.07, 6.45) is 1.69. The van der Waals surface area contributed by atoms with Gasteiger partial charge in [0.1, 0.15) is 11.4 Å². The van der Waals surface area contributed by atoms with E-state index in [2.05, 4.69) is 5.10 Å². The first kappa shape index (κ1) is 12.8. The third-order valence-electron chi connectivity index (χ3n) is 3.32. The number of halogens is 1. The molecule has 0 spiro atoms. The van der Waals surface area contributed by atoms with Crippen molar-refractivity contribution >= 4 is 0 Å². The van der Waals surface area contributed by atoms with Gasteiger partial charge in [0.25, 0.3) is 0 Å². The maximum Gasteiger partial charge on any atom is 0.129 e. The van der Waals surface area contributed by atoms with E-state index >= 15 is 0 Å². The highest BCUT2D eigenvalue weighted by atomic mass is 19.1. The first-order valence-corrected chi connectivity index (χ1v) is 5.82. The van der Waals surface area contributed by atoms with Gasteiger partial charge in [-0.15, -0.1) is 0 Å². The standard InChI is InChI=1S/C14H17FN2O/c1-9-5-6-11(7-12(9)15)14(3,18)13-10(2)8-16-17(13)4/h5-8,18H,1-4H3. The van der Waals surface area contributed by atoms with E-state index in [9.17, 15) is 9.50 Å². The molecule has 3 nitrogen and oxygen atoms in total. The molecule has 4 heteroatoms. The quantitative estimate of drug-likeness (QED) is 0.886. The minimum atomic E-state index is -1.26. The van der Waals surface area contributed by atoms with Crippen molar-refractivity contribution < 1.29 is 9.50 Å². The molecule has 1 aromatic heterocycles. The van der Waals surface area contributed by atoms with E-state index < -0.39 is 5.60 Å². The Kier molecular flexibility index (Phi) is 2.99. The molecule has 0 aliphatic rings. The molecule has 0 saturated heterocycles. The number of aliphatic hydroxyl groups is 1. The van der Waals surface area contributed by atoms with Gasteiger partial charge in [0.2, 0.25) is 0 Å². The molecule has 18 heavy (non-hydrogen) atoms. The fraction of sp³-hybridized carbons (Fsp3) is 0.357. The average molecular weight is 248 g/mol. The van der Waals surface area contributed by atoms with E-state index in [-0.39, 0.29) is 5.82 Å². The molecule has 1 heterocycles. The summed E-state index contributed by atoms with van der Waals surface area (Å²) in [5, 5.41) is 14.8. The van der Waals surface area contributed by atoms with Gasteiger partial charge < -0.3 is 5.11 Å². The maximum atomic E-state index is 13.6. The second kappa shape index (κ2) is 4.21. The fourth-order valence-electron chi connectivity index (χ4n) is 2.28. The van der Waals surface area contributed by atoms with Gasteiger partial charge in [0.15, 0.2) is 0 Å². The van der Waals surface area contributed by atoms with Crippen molar-refractivity contribution in [3.63, 3.8) is 0 Å². The van der Waals surface area contributed by atoms with Crippen LogP contribution in [0.25, 0.3) is 0 Å². The smallest absolute Gasteiger partial charge is 0.129 e. The highest BCUT2D eigenvalue weighted by Crippen LogP contribution is 2.31. The number of benzene rings is 1. The molecule has 0 bridgehead atoms. The molecule has 0 saturated carbocycles. The van der Waals surface area contributed by atoms with Gasteiger partial charge in [-0.05, 0) is 43.5 Å². The Balaban J connectivity index is 2.57. The third-order valence-corrected chi connectivity index (χ3v) is 3.32. The van der Waals surface area contributed by atoms with Gasteiger partial charge in [-0.1, -0.05) is 12.1 Å². The maximum absolute atomic E-state index is 13.6. The Hall–Kier alpha value is -1.68. The molecule has 2 aromatic rings. The molecule has 1 unspecified atom stereocenters. The average Bonchev–Trinajstić information content (AvgIpc) is 2.62. The van der Waals surface area contributed by atoms with Crippen molar-refractivity contribution in [2.24, 2.45) is 7.05 Å². The van der Waals surface area contributed by atoms with E-state index in [0.717, 1.165) is 5.56 Å². The summed E-state index contributed by atoms with van der Waals surface area (Å²) in [6.45, 7) is 5.23. The molecule has 1 N–H and O–H groups in total. The fourth-order valence-corrected chi connectivity index (χ4v) is 2.28. The zero-order valence-electron chi connectivity index (χ0n) is 11.0. The molecule has 0 aliphatic heterocycles. The van der Waals surface area contributed by atoms with Crippen molar-refractivity contribution in [3.05, 3.63) is 52.6 Å². The van der Waals surface area contributed by atoms with E-state index in [1.54, 1.807) is 43.9 Å². The highest BCUT2D eigenvalue weighted by Gasteiger charge is 2.31. The van der Waals surface area contributed by atoms with Gasteiger partial charge in [0, 0.05) is 7.05 Å². The lowest BCUT2D eigenvalue weighted by molar-refractivity contribution is 0.0918. The Morgan fingerprint density at radius 2 is 1.94 bits per heavy atom. The van der Waals surface area contributed by atoms with Crippen molar-refractivity contribution in [2.45, 2.75) is 26.4 Å². The van der Waals surface area contributed by atoms with Crippen LogP contribution in [0.2, 0.25) is 0 Å². The van der Waals surface area contributed by atoms with Crippen molar-refractivity contribution in [3.8, 4) is 0 Å². The van der Waals surface area contributed by atoms with Gasteiger partial charge in [-0.3, -0.25) is 4.68 Å². The van der Waals surface area contributed by atoms with Gasteiger partial charge in [-0.25, -0.2) is 4.39 Å². The number of rotatable bonds is 2. The number of hydrogen-bond donors (Lipinski definition) is 1. The van der Waals surface area contributed by atoms with Gasteiger partial charge in [0.05, 0.1) is 11.9 Å². The van der Waals surface area contributed by atoms with E-state index in [1.165, 1.54) is 6.07 Å². The third kappa shape index (κ3) is 1.93. The van der Waals surface area contributed by atoms with Crippen LogP contribution < -0.4 is 0 Å². The highest BCUT2D eigenvalue weighted by molar-refractivity contribution is 5.36. The van der Waals surface area contributed by atoms with Crippen LogP contribution in [0.3, 0.4) is 0 Å². The lowest BCUT2D eigenvalue weighted by atomic mass is 9.89. The van der Waals surface area contributed by atoms with Crippen LogP contribution in [-0.4, -0.2) is 14.9 Å². The Morgan fingerprint density at radius 3 is 2.44 bits per heavy atom. The number of hydrogen-bond acceptors (Lipinski definition) is 2. The summed E-state index contributed by atoms with van der Waals surface area (Å²) in [5.41, 5.74) is 1.38. The lowest BCUT2D eigenvalue weighted by Crippen LogP contribution is -2.27. The summed E-state index contributed by atoms with van der Waals surface area (Å²) < 4.78 is 15.2. The van der Waals surface area contributed by atoms with Crippen molar-refractivity contribution in [1.29, 1.82) is 0 Å². The molecular weight excluding hydrogens is 231 g/mol. The lowest BCUT2D eigenvalue weighted by Gasteiger charge is -2.25. The van der Waals surface area contributed by atoms with E-state index in [0.29, 0.717) is 16.8 Å². The largest absolute Gasteiger partial charge is 0.379 e. The minimum absolute atomic E-state index is 0.312. The number of aromatic nitrogens is 2. The normalized spacial score (nSPS) is 14.6. The minimum Gasteiger partial charge on any atom is -0.379 e. The molecule has 96 valence electrons. The Labute approximate surface area is 106 Å². The van der Waals surface area contributed by atoms with Crippen LogP contribution in [0.15, 0.2) is 24.4 Å². The number of aryl methyl sites for hydroxylation is 3. The zero-order valence-corrected chi connectivity index (χ0v) is 11.0. The second-order valence-electron chi connectivity index (χ2n) is 4.84. The Morgan fingerprint density at radius 1 is 1.28 bits per heavy atom. The molecule has 0 fully saturated rings. The van der Waals surface area contributed by atoms with Crippen LogP contribution in [0, 0.1) is 19.7 Å². The van der Waals surface area contributed by atoms with E-state index in [1.807, 2.05) is 6.92 Å². The van der Waals surface area contributed by atoms with Crippen molar-refractivity contribution in [1.82, 2.24) is 9.78 Å². The molecule has 1 atom stereocenters. The first-order chi connectivity index (χ1) is 8.34. The summed E-state index contributed by atoms with van der Waals surface area (Å²) in [4.78, 5) is 0. The molecule has 2 rings (SSSR count). The van der Waals surface area contributed by atoms with Gasteiger partial charge >= 0.3 is 0 Å². The molecule has 0 aliphatic carbocycles. The van der Waals surface area contributed by atoms with Crippen LogP contribution in [0.4, 0.5) is 4.39 Å². The summed E-state index contributed by atoms with van der Waals surface area (Å²) in [6, 6.07) is 4.79. The monoisotopic (exact) mass is 248 g/mol. The van der Waals surface area contributed by atoms with E-state index in [4.69, 9.17) is 0 Å². The SMILES string of the molecule is Cc1ccc(C(C)(O)c2c(C)cnn2C)cc1F. The molecular formula is C14H17FN2O. The summed E-state index contributed by atoms with van der Waals surface area (Å²) >= 11 is 0. The zero-order chi connectivity index (χ0) is 13.5. The first-order valence-electron chi connectivity index (χ1n) is 5.82. The van der Waals surface area contributed by atoms with Crippen molar-refractivity contribution in [2.75, 3.05) is 0 Å². The Bertz CT molecular complexity index is 568. The topological polar surface area (TPSA) is 38.1 Å². The molecule has 0 amide bonds.